The number of rotatable bonds is 5. The van der Waals surface area contributed by atoms with Crippen LogP contribution in [0.4, 0.5) is 5.69 Å². The molecule has 2 rings (SSSR count). The van der Waals surface area contributed by atoms with E-state index in [-0.39, 0.29) is 11.7 Å². The lowest BCUT2D eigenvalue weighted by molar-refractivity contribution is 0.0956. The molecular formula is C16H18N2O2. The normalized spacial score (nSPS) is 10.1. The molecule has 3 N–H and O–H groups in total. The maximum atomic E-state index is 11.6. The van der Waals surface area contributed by atoms with Crippen molar-refractivity contribution in [3.05, 3.63) is 59.7 Å². The molecule has 1 amide bonds. The zero-order valence-electron chi connectivity index (χ0n) is 11.4. The van der Waals surface area contributed by atoms with Crippen molar-refractivity contribution in [2.45, 2.75) is 13.5 Å². The van der Waals surface area contributed by atoms with E-state index in [1.165, 1.54) is 0 Å². The fourth-order valence-corrected chi connectivity index (χ4v) is 1.86. The highest BCUT2D eigenvalue weighted by molar-refractivity contribution is 5.94. The molecule has 104 valence electrons. The van der Waals surface area contributed by atoms with Crippen LogP contribution >= 0.6 is 0 Å². The molecule has 4 nitrogen and oxygen atoms in total. The van der Waals surface area contributed by atoms with E-state index in [9.17, 15) is 9.90 Å². The van der Waals surface area contributed by atoms with Gasteiger partial charge in [-0.1, -0.05) is 18.2 Å². The minimum absolute atomic E-state index is 0.0697. The first-order valence-electron chi connectivity index (χ1n) is 6.59. The van der Waals surface area contributed by atoms with Crippen molar-refractivity contribution in [1.29, 1.82) is 0 Å². The zero-order chi connectivity index (χ0) is 14.4. The number of phenols is 1. The van der Waals surface area contributed by atoms with Crippen LogP contribution in [0.1, 0.15) is 22.8 Å². The second-order valence-corrected chi connectivity index (χ2v) is 4.42. The Bertz CT molecular complexity index is 579. The number of anilines is 1. The zero-order valence-corrected chi connectivity index (χ0v) is 11.4. The van der Waals surface area contributed by atoms with Gasteiger partial charge in [0.05, 0.1) is 0 Å². The molecule has 0 saturated carbocycles. The van der Waals surface area contributed by atoms with Crippen LogP contribution in [0.2, 0.25) is 0 Å². The monoisotopic (exact) mass is 270 g/mol. The number of phenolic OH excluding ortho intramolecular Hbond substituents is 1. The summed E-state index contributed by atoms with van der Waals surface area (Å²) < 4.78 is 0. The summed E-state index contributed by atoms with van der Waals surface area (Å²) in [5, 5.41) is 15.6. The number of carbonyl (C=O) groups excluding carboxylic acids is 1. The molecule has 0 aliphatic rings. The van der Waals surface area contributed by atoms with Crippen LogP contribution in [-0.2, 0) is 6.54 Å². The summed E-state index contributed by atoms with van der Waals surface area (Å²) in [4.78, 5) is 11.6. The van der Waals surface area contributed by atoms with Crippen molar-refractivity contribution in [2.24, 2.45) is 0 Å². The number of carbonyl (C=O) groups is 1. The van der Waals surface area contributed by atoms with Gasteiger partial charge in [0.15, 0.2) is 0 Å². The van der Waals surface area contributed by atoms with Crippen LogP contribution in [0.3, 0.4) is 0 Å². The molecule has 0 aliphatic carbocycles. The van der Waals surface area contributed by atoms with Crippen molar-refractivity contribution in [2.75, 3.05) is 11.9 Å². The van der Waals surface area contributed by atoms with E-state index in [4.69, 9.17) is 0 Å². The minimum Gasteiger partial charge on any atom is -0.508 e. The Hall–Kier alpha value is -2.49. The Kier molecular flexibility index (Phi) is 4.60. The number of hydrogen-bond acceptors (Lipinski definition) is 3. The van der Waals surface area contributed by atoms with Gasteiger partial charge >= 0.3 is 0 Å². The summed E-state index contributed by atoms with van der Waals surface area (Å²) in [5.74, 6) is 0.207. The molecule has 0 heterocycles. The fraction of sp³-hybridized carbons (Fsp3) is 0.188. The second-order valence-electron chi connectivity index (χ2n) is 4.42. The van der Waals surface area contributed by atoms with E-state index >= 15 is 0 Å². The molecule has 0 spiro atoms. The van der Waals surface area contributed by atoms with Crippen LogP contribution < -0.4 is 10.6 Å². The quantitative estimate of drug-likeness (QED) is 0.783. The van der Waals surface area contributed by atoms with Gasteiger partial charge in [0.2, 0.25) is 0 Å². The molecule has 4 heteroatoms. The molecule has 20 heavy (non-hydrogen) atoms. The summed E-state index contributed by atoms with van der Waals surface area (Å²) >= 11 is 0. The summed E-state index contributed by atoms with van der Waals surface area (Å²) in [6.07, 6.45) is 0. The molecule has 0 bridgehead atoms. The van der Waals surface area contributed by atoms with E-state index in [0.717, 1.165) is 11.3 Å². The van der Waals surface area contributed by atoms with Crippen molar-refractivity contribution in [1.82, 2.24) is 5.32 Å². The van der Waals surface area contributed by atoms with Crippen molar-refractivity contribution >= 4 is 11.6 Å². The predicted molar refractivity (Wildman–Crippen MR) is 79.9 cm³/mol. The number of amides is 1. The van der Waals surface area contributed by atoms with Crippen LogP contribution in [0.25, 0.3) is 0 Å². The molecule has 0 fully saturated rings. The topological polar surface area (TPSA) is 61.4 Å². The second kappa shape index (κ2) is 6.61. The molecule has 0 radical (unpaired) electrons. The highest BCUT2D eigenvalue weighted by Gasteiger charge is 2.04. The Morgan fingerprint density at radius 1 is 1.10 bits per heavy atom. The van der Waals surface area contributed by atoms with Crippen molar-refractivity contribution in [3.8, 4) is 5.75 Å². The number of nitrogens with one attached hydrogen (secondary N) is 2. The van der Waals surface area contributed by atoms with Crippen LogP contribution in [-0.4, -0.2) is 17.6 Å². The van der Waals surface area contributed by atoms with Gasteiger partial charge in [0, 0.05) is 29.9 Å². The third-order valence-electron chi connectivity index (χ3n) is 2.96. The average molecular weight is 270 g/mol. The first kappa shape index (κ1) is 13.9. The number of benzene rings is 2. The van der Waals surface area contributed by atoms with Gasteiger partial charge in [-0.2, -0.15) is 0 Å². The molecule has 0 aliphatic heterocycles. The number of para-hydroxylation sites is 1. The average Bonchev–Trinajstić information content (AvgIpc) is 2.47. The maximum Gasteiger partial charge on any atom is 0.251 e. The van der Waals surface area contributed by atoms with Gasteiger partial charge in [-0.25, -0.2) is 0 Å². The fourth-order valence-electron chi connectivity index (χ4n) is 1.86. The van der Waals surface area contributed by atoms with Crippen LogP contribution in [0, 0.1) is 0 Å². The van der Waals surface area contributed by atoms with E-state index < -0.39 is 0 Å². The first-order chi connectivity index (χ1) is 9.70. The number of aromatic hydroxyl groups is 1. The van der Waals surface area contributed by atoms with Crippen LogP contribution in [0.5, 0.6) is 5.75 Å². The van der Waals surface area contributed by atoms with Gasteiger partial charge in [0.25, 0.3) is 5.91 Å². The van der Waals surface area contributed by atoms with E-state index in [2.05, 4.69) is 10.6 Å². The molecule has 0 saturated heterocycles. The molecular weight excluding hydrogens is 252 g/mol. The SMILES string of the molecule is CCNC(=O)c1ccc(NCc2ccccc2O)cc1. The Labute approximate surface area is 118 Å². The highest BCUT2D eigenvalue weighted by Crippen LogP contribution is 2.17. The lowest BCUT2D eigenvalue weighted by atomic mass is 10.1. The summed E-state index contributed by atoms with van der Waals surface area (Å²) in [7, 11) is 0. The van der Waals surface area contributed by atoms with Crippen LogP contribution in [0.15, 0.2) is 48.5 Å². The lowest BCUT2D eigenvalue weighted by Crippen LogP contribution is -2.22. The summed E-state index contributed by atoms with van der Waals surface area (Å²) in [6, 6.07) is 14.5. The Morgan fingerprint density at radius 3 is 2.45 bits per heavy atom. The van der Waals surface area contributed by atoms with Crippen molar-refractivity contribution in [3.63, 3.8) is 0 Å². The van der Waals surface area contributed by atoms with E-state index in [1.807, 2.05) is 31.2 Å². The van der Waals surface area contributed by atoms with Gasteiger partial charge in [-0.05, 0) is 37.3 Å². The molecule has 0 atom stereocenters. The summed E-state index contributed by atoms with van der Waals surface area (Å²) in [5.41, 5.74) is 2.38. The standard InChI is InChI=1S/C16H18N2O2/c1-2-17-16(20)12-7-9-14(10-8-12)18-11-13-5-3-4-6-15(13)19/h3-10,18-19H,2,11H2,1H3,(H,17,20). The molecule has 2 aromatic rings. The van der Waals surface area contributed by atoms with Gasteiger partial charge in [0.1, 0.15) is 5.75 Å². The molecule has 0 aromatic heterocycles. The number of hydrogen-bond donors (Lipinski definition) is 3. The Balaban J connectivity index is 1.98. The van der Waals surface area contributed by atoms with E-state index in [1.54, 1.807) is 24.3 Å². The molecule has 0 unspecified atom stereocenters. The minimum atomic E-state index is -0.0697. The van der Waals surface area contributed by atoms with Gasteiger partial charge < -0.3 is 15.7 Å². The van der Waals surface area contributed by atoms with Gasteiger partial charge in [-0.3, -0.25) is 4.79 Å². The van der Waals surface area contributed by atoms with E-state index in [0.29, 0.717) is 18.7 Å². The molecule has 2 aromatic carbocycles. The lowest BCUT2D eigenvalue weighted by Gasteiger charge is -2.09. The largest absolute Gasteiger partial charge is 0.508 e. The smallest absolute Gasteiger partial charge is 0.251 e. The third kappa shape index (κ3) is 3.51. The Morgan fingerprint density at radius 2 is 1.80 bits per heavy atom. The highest BCUT2D eigenvalue weighted by atomic mass is 16.3. The summed E-state index contributed by atoms with van der Waals surface area (Å²) in [6.45, 7) is 3.04. The first-order valence-corrected chi connectivity index (χ1v) is 6.59. The third-order valence-corrected chi connectivity index (χ3v) is 2.96. The van der Waals surface area contributed by atoms with Gasteiger partial charge in [-0.15, -0.1) is 0 Å². The maximum absolute atomic E-state index is 11.6. The van der Waals surface area contributed by atoms with Crippen molar-refractivity contribution < 1.29 is 9.90 Å². The predicted octanol–water partition coefficient (Wildman–Crippen LogP) is 2.75.